The smallest absolute Gasteiger partial charge is 0.406 e. The van der Waals surface area contributed by atoms with Crippen LogP contribution in [0.3, 0.4) is 0 Å². The molecule has 0 bridgehead atoms. The van der Waals surface area contributed by atoms with Crippen LogP contribution in [0.1, 0.15) is 31.2 Å². The Morgan fingerprint density at radius 1 is 1.19 bits per heavy atom. The van der Waals surface area contributed by atoms with Crippen molar-refractivity contribution in [1.82, 2.24) is 10.2 Å². The zero-order valence-electron chi connectivity index (χ0n) is 13.5. The third-order valence-corrected chi connectivity index (χ3v) is 3.71. The average molecular weight is 292 g/mol. The lowest BCUT2D eigenvalue weighted by atomic mass is 10.0. The fraction of sp³-hybridized carbons (Fsp3) is 0.588. The number of nitrogens with zero attached hydrogens (tertiary/aromatic N) is 1. The van der Waals surface area contributed by atoms with Gasteiger partial charge in [-0.15, -0.1) is 0 Å². The van der Waals surface area contributed by atoms with Crippen LogP contribution in [0, 0.1) is 0 Å². The second-order valence-corrected chi connectivity index (χ2v) is 5.52. The fourth-order valence-electron chi connectivity index (χ4n) is 2.37. The van der Waals surface area contributed by atoms with Crippen molar-refractivity contribution in [2.24, 2.45) is 0 Å². The number of hydrogen-bond donors (Lipinski definition) is 1. The topological polar surface area (TPSA) is 41.6 Å². The minimum atomic E-state index is -0.350. The summed E-state index contributed by atoms with van der Waals surface area (Å²) < 4.78 is 5.07. The standard InChI is InChI=1S/C17H28N2O2/c1-18-17(20)21-14-13-16(19(2)3)12-8-7-11-15-9-5-4-6-10-15/h4-6,9-10,16H,7-8,11-14H2,1-3H3,(H,18,20). The molecule has 0 heterocycles. The molecule has 0 saturated carbocycles. The molecule has 21 heavy (non-hydrogen) atoms. The van der Waals surface area contributed by atoms with Crippen LogP contribution in [0.15, 0.2) is 30.3 Å². The molecular weight excluding hydrogens is 264 g/mol. The van der Waals surface area contributed by atoms with Gasteiger partial charge in [-0.05, 0) is 45.3 Å². The highest BCUT2D eigenvalue weighted by molar-refractivity contribution is 5.66. The van der Waals surface area contributed by atoms with Gasteiger partial charge in [-0.2, -0.15) is 0 Å². The molecule has 4 nitrogen and oxygen atoms in total. The molecule has 1 amide bonds. The van der Waals surface area contributed by atoms with Gasteiger partial charge in [0, 0.05) is 13.1 Å². The van der Waals surface area contributed by atoms with E-state index < -0.39 is 0 Å². The number of carbonyl (C=O) groups is 1. The summed E-state index contributed by atoms with van der Waals surface area (Å²) in [7, 11) is 5.75. The number of amides is 1. The van der Waals surface area contributed by atoms with Gasteiger partial charge in [0.2, 0.25) is 0 Å². The van der Waals surface area contributed by atoms with Crippen LogP contribution in [0.5, 0.6) is 0 Å². The number of benzene rings is 1. The lowest BCUT2D eigenvalue weighted by Gasteiger charge is -2.24. The molecule has 0 radical (unpaired) electrons. The predicted molar refractivity (Wildman–Crippen MR) is 86.5 cm³/mol. The van der Waals surface area contributed by atoms with Crippen molar-refractivity contribution in [2.75, 3.05) is 27.7 Å². The molecule has 1 aromatic rings. The molecule has 0 saturated heterocycles. The van der Waals surface area contributed by atoms with E-state index in [0.717, 1.165) is 19.3 Å². The van der Waals surface area contributed by atoms with Crippen molar-refractivity contribution >= 4 is 6.09 Å². The number of nitrogens with one attached hydrogen (secondary N) is 1. The summed E-state index contributed by atoms with van der Waals surface area (Å²) >= 11 is 0. The Morgan fingerprint density at radius 2 is 1.90 bits per heavy atom. The SMILES string of the molecule is CNC(=O)OCCC(CCCCc1ccccc1)N(C)C. The van der Waals surface area contributed by atoms with Crippen molar-refractivity contribution in [2.45, 2.75) is 38.1 Å². The summed E-state index contributed by atoms with van der Waals surface area (Å²) in [4.78, 5) is 13.3. The number of unbranched alkanes of at least 4 members (excludes halogenated alkanes) is 1. The normalized spacial score (nSPS) is 12.2. The summed E-state index contributed by atoms with van der Waals surface area (Å²) in [6.07, 6.45) is 5.19. The number of ether oxygens (including phenoxy) is 1. The van der Waals surface area contributed by atoms with Crippen molar-refractivity contribution in [3.63, 3.8) is 0 Å². The van der Waals surface area contributed by atoms with Crippen LogP contribution >= 0.6 is 0 Å². The van der Waals surface area contributed by atoms with E-state index in [9.17, 15) is 4.79 Å². The molecular formula is C17H28N2O2. The lowest BCUT2D eigenvalue weighted by Crippen LogP contribution is -2.30. The second-order valence-electron chi connectivity index (χ2n) is 5.52. The van der Waals surface area contributed by atoms with E-state index in [1.165, 1.54) is 18.4 Å². The van der Waals surface area contributed by atoms with E-state index in [-0.39, 0.29) is 6.09 Å². The number of hydrogen-bond acceptors (Lipinski definition) is 3. The number of alkyl carbamates (subject to hydrolysis) is 1. The van der Waals surface area contributed by atoms with Crippen molar-refractivity contribution in [3.05, 3.63) is 35.9 Å². The van der Waals surface area contributed by atoms with Gasteiger partial charge in [0.1, 0.15) is 0 Å². The van der Waals surface area contributed by atoms with E-state index in [0.29, 0.717) is 12.6 Å². The number of aryl methyl sites for hydroxylation is 1. The predicted octanol–water partition coefficient (Wildman–Crippen LogP) is 3.08. The van der Waals surface area contributed by atoms with Crippen LogP contribution in [0.2, 0.25) is 0 Å². The minimum Gasteiger partial charge on any atom is -0.450 e. The zero-order valence-corrected chi connectivity index (χ0v) is 13.5. The van der Waals surface area contributed by atoms with E-state index in [1.807, 2.05) is 0 Å². The highest BCUT2D eigenvalue weighted by atomic mass is 16.5. The Labute approximate surface area is 128 Å². The van der Waals surface area contributed by atoms with E-state index in [2.05, 4.69) is 54.6 Å². The van der Waals surface area contributed by atoms with Crippen LogP contribution in [0.25, 0.3) is 0 Å². The van der Waals surface area contributed by atoms with Gasteiger partial charge in [0.25, 0.3) is 0 Å². The van der Waals surface area contributed by atoms with E-state index in [4.69, 9.17) is 4.74 Å². The molecule has 0 aliphatic heterocycles. The second kappa shape index (κ2) is 10.2. The third-order valence-electron chi connectivity index (χ3n) is 3.71. The maximum Gasteiger partial charge on any atom is 0.406 e. The lowest BCUT2D eigenvalue weighted by molar-refractivity contribution is 0.131. The molecule has 0 spiro atoms. The first-order valence-electron chi connectivity index (χ1n) is 7.68. The molecule has 1 atom stereocenters. The van der Waals surface area contributed by atoms with Crippen molar-refractivity contribution in [1.29, 1.82) is 0 Å². The Balaban J connectivity index is 2.20. The van der Waals surface area contributed by atoms with Crippen molar-refractivity contribution in [3.8, 4) is 0 Å². The molecule has 1 N–H and O–H groups in total. The third kappa shape index (κ3) is 7.71. The Hall–Kier alpha value is -1.55. The fourth-order valence-corrected chi connectivity index (χ4v) is 2.37. The summed E-state index contributed by atoms with van der Waals surface area (Å²) in [6.45, 7) is 0.473. The number of carbonyl (C=O) groups excluding carboxylic acids is 1. The van der Waals surface area contributed by atoms with Gasteiger partial charge in [-0.25, -0.2) is 4.79 Å². The summed E-state index contributed by atoms with van der Waals surface area (Å²) in [5.74, 6) is 0. The molecule has 1 rings (SSSR count). The number of rotatable bonds is 9. The van der Waals surface area contributed by atoms with Gasteiger partial charge in [-0.1, -0.05) is 36.8 Å². The molecule has 0 fully saturated rings. The largest absolute Gasteiger partial charge is 0.450 e. The monoisotopic (exact) mass is 292 g/mol. The highest BCUT2D eigenvalue weighted by Crippen LogP contribution is 2.12. The van der Waals surface area contributed by atoms with Gasteiger partial charge < -0.3 is 15.0 Å². The Morgan fingerprint density at radius 3 is 2.52 bits per heavy atom. The maximum atomic E-state index is 11.0. The van der Waals surface area contributed by atoms with Gasteiger partial charge >= 0.3 is 6.09 Å². The van der Waals surface area contributed by atoms with Crippen LogP contribution in [-0.2, 0) is 11.2 Å². The first-order chi connectivity index (χ1) is 10.1. The van der Waals surface area contributed by atoms with Crippen LogP contribution in [0.4, 0.5) is 4.79 Å². The quantitative estimate of drug-likeness (QED) is 0.711. The maximum absolute atomic E-state index is 11.0. The molecule has 0 aromatic heterocycles. The average Bonchev–Trinajstić information content (AvgIpc) is 2.50. The Bertz CT molecular complexity index is 393. The van der Waals surface area contributed by atoms with Crippen LogP contribution < -0.4 is 5.32 Å². The van der Waals surface area contributed by atoms with Crippen LogP contribution in [-0.4, -0.2) is 44.8 Å². The first kappa shape index (κ1) is 17.5. The summed E-state index contributed by atoms with van der Waals surface area (Å²) in [5, 5.41) is 2.46. The van der Waals surface area contributed by atoms with E-state index >= 15 is 0 Å². The summed E-state index contributed by atoms with van der Waals surface area (Å²) in [6, 6.07) is 11.1. The Kier molecular flexibility index (Phi) is 8.51. The molecule has 0 aliphatic rings. The van der Waals surface area contributed by atoms with E-state index in [1.54, 1.807) is 7.05 Å². The molecule has 118 valence electrons. The minimum absolute atomic E-state index is 0.350. The molecule has 4 heteroatoms. The molecule has 1 unspecified atom stereocenters. The van der Waals surface area contributed by atoms with Gasteiger partial charge in [-0.3, -0.25) is 0 Å². The zero-order chi connectivity index (χ0) is 15.5. The first-order valence-corrected chi connectivity index (χ1v) is 7.68. The molecule has 1 aromatic carbocycles. The van der Waals surface area contributed by atoms with Gasteiger partial charge in [0.15, 0.2) is 0 Å². The molecule has 0 aliphatic carbocycles. The summed E-state index contributed by atoms with van der Waals surface area (Å²) in [5.41, 5.74) is 1.40. The highest BCUT2D eigenvalue weighted by Gasteiger charge is 2.12. The van der Waals surface area contributed by atoms with Crippen molar-refractivity contribution < 1.29 is 9.53 Å². The van der Waals surface area contributed by atoms with Gasteiger partial charge in [0.05, 0.1) is 6.61 Å².